The van der Waals surface area contributed by atoms with Gasteiger partial charge in [0.2, 0.25) is 0 Å². The zero-order valence-corrected chi connectivity index (χ0v) is 11.3. The number of carboxylic acid groups (broad SMARTS) is 1. The number of nitrogens with one attached hydrogen (secondary N) is 2. The van der Waals surface area contributed by atoms with Crippen molar-refractivity contribution in [3.63, 3.8) is 0 Å². The summed E-state index contributed by atoms with van der Waals surface area (Å²) in [5.41, 5.74) is 0.377. The van der Waals surface area contributed by atoms with Crippen molar-refractivity contribution in [2.75, 3.05) is 5.32 Å². The van der Waals surface area contributed by atoms with E-state index in [1.165, 1.54) is 12.1 Å². The molecule has 5 nitrogen and oxygen atoms in total. The number of urea groups is 1. The van der Waals surface area contributed by atoms with Crippen LogP contribution in [-0.2, 0) is 4.79 Å². The number of anilines is 1. The zero-order valence-electron chi connectivity index (χ0n) is 10.5. The molecule has 2 atom stereocenters. The normalized spacial score (nSPS) is 21.5. The molecule has 1 saturated carbocycles. The summed E-state index contributed by atoms with van der Waals surface area (Å²) in [6, 6.07) is 3.25. The number of rotatable bonds is 3. The Hall–Kier alpha value is -1.82. The van der Waals surface area contributed by atoms with E-state index in [0.717, 1.165) is 6.07 Å². The second kappa shape index (κ2) is 6.09. The lowest BCUT2D eigenvalue weighted by atomic mass is 10.1. The van der Waals surface area contributed by atoms with Gasteiger partial charge in [0.15, 0.2) is 0 Å². The molecule has 2 unspecified atom stereocenters. The number of carboxylic acids is 1. The topological polar surface area (TPSA) is 78.4 Å². The van der Waals surface area contributed by atoms with Gasteiger partial charge in [0.05, 0.1) is 10.9 Å². The number of halogens is 2. The molecule has 3 N–H and O–H groups in total. The first-order valence-corrected chi connectivity index (χ1v) is 6.59. The summed E-state index contributed by atoms with van der Waals surface area (Å²) in [7, 11) is 0. The summed E-state index contributed by atoms with van der Waals surface area (Å²) in [5.74, 6) is -1.79. The fourth-order valence-electron chi connectivity index (χ4n) is 2.26. The summed E-state index contributed by atoms with van der Waals surface area (Å²) in [5, 5.41) is 14.0. The average Bonchev–Trinajstić information content (AvgIpc) is 2.82. The van der Waals surface area contributed by atoms with E-state index in [4.69, 9.17) is 16.7 Å². The summed E-state index contributed by atoms with van der Waals surface area (Å²) in [4.78, 5) is 22.5. The minimum atomic E-state index is -0.833. The Labute approximate surface area is 120 Å². The van der Waals surface area contributed by atoms with Gasteiger partial charge in [0.1, 0.15) is 5.82 Å². The van der Waals surface area contributed by atoms with Crippen LogP contribution in [0.1, 0.15) is 19.3 Å². The molecule has 0 bridgehead atoms. The number of carbonyl (C=O) groups excluding carboxylic acids is 1. The summed E-state index contributed by atoms with van der Waals surface area (Å²) in [6.45, 7) is 0. The Morgan fingerprint density at radius 1 is 1.35 bits per heavy atom. The summed E-state index contributed by atoms with van der Waals surface area (Å²) in [6.07, 6.45) is 1.62. The maximum atomic E-state index is 13.0. The molecule has 1 aliphatic carbocycles. The number of aliphatic carboxylic acids is 1. The molecule has 0 saturated heterocycles. The Balaban J connectivity index is 1.87. The third-order valence-corrected chi connectivity index (χ3v) is 3.58. The van der Waals surface area contributed by atoms with Crippen molar-refractivity contribution in [2.45, 2.75) is 25.3 Å². The predicted molar refractivity (Wildman–Crippen MR) is 72.3 cm³/mol. The lowest BCUT2D eigenvalue weighted by Crippen LogP contribution is -2.36. The molecule has 0 aliphatic heterocycles. The van der Waals surface area contributed by atoms with E-state index < -0.39 is 23.7 Å². The number of benzene rings is 1. The molecule has 0 heterocycles. The van der Waals surface area contributed by atoms with Crippen molar-refractivity contribution < 1.29 is 19.1 Å². The van der Waals surface area contributed by atoms with Gasteiger partial charge in [0, 0.05) is 11.7 Å². The van der Waals surface area contributed by atoms with Gasteiger partial charge in [-0.25, -0.2) is 9.18 Å². The zero-order chi connectivity index (χ0) is 14.7. The molecular weight excluding hydrogens is 287 g/mol. The molecule has 0 spiro atoms. The predicted octanol–water partition coefficient (Wildman–Crippen LogP) is 2.85. The van der Waals surface area contributed by atoms with Crippen LogP contribution < -0.4 is 10.6 Å². The van der Waals surface area contributed by atoms with E-state index >= 15 is 0 Å². The third-order valence-electron chi connectivity index (χ3n) is 3.29. The molecule has 0 aromatic heterocycles. The fraction of sp³-hybridized carbons (Fsp3) is 0.385. The van der Waals surface area contributed by atoms with Gasteiger partial charge in [-0.1, -0.05) is 11.6 Å². The molecule has 1 aliphatic rings. The number of carbonyl (C=O) groups is 2. The van der Waals surface area contributed by atoms with Crippen molar-refractivity contribution in [1.82, 2.24) is 5.32 Å². The lowest BCUT2D eigenvalue weighted by Gasteiger charge is -2.13. The van der Waals surface area contributed by atoms with E-state index in [0.29, 0.717) is 24.9 Å². The minimum absolute atomic E-state index is 0.0744. The van der Waals surface area contributed by atoms with Crippen LogP contribution in [0.3, 0.4) is 0 Å². The summed E-state index contributed by atoms with van der Waals surface area (Å²) >= 11 is 5.61. The highest BCUT2D eigenvalue weighted by Crippen LogP contribution is 2.26. The number of amides is 2. The van der Waals surface area contributed by atoms with E-state index in [1.54, 1.807) is 0 Å². The van der Waals surface area contributed by atoms with Crippen LogP contribution in [0.2, 0.25) is 5.02 Å². The van der Waals surface area contributed by atoms with Crippen molar-refractivity contribution in [3.05, 3.63) is 29.0 Å². The molecule has 2 amide bonds. The standard InChI is InChI=1S/C13H14ClFN2O3/c14-10-6-9(3-4-11(10)15)17-13(20)16-8-2-1-7(5-8)12(18)19/h3-4,6-8H,1-2,5H2,(H,18,19)(H2,16,17,20). The van der Waals surface area contributed by atoms with Gasteiger partial charge in [-0.2, -0.15) is 0 Å². The average molecular weight is 301 g/mol. The van der Waals surface area contributed by atoms with Crippen LogP contribution in [-0.4, -0.2) is 23.1 Å². The maximum absolute atomic E-state index is 13.0. The van der Waals surface area contributed by atoms with Crippen molar-refractivity contribution in [3.8, 4) is 0 Å². The van der Waals surface area contributed by atoms with Crippen molar-refractivity contribution in [1.29, 1.82) is 0 Å². The monoisotopic (exact) mass is 300 g/mol. The number of hydrogen-bond acceptors (Lipinski definition) is 2. The van der Waals surface area contributed by atoms with Gasteiger partial charge in [0.25, 0.3) is 0 Å². The van der Waals surface area contributed by atoms with Gasteiger partial charge < -0.3 is 15.7 Å². The van der Waals surface area contributed by atoms with Crippen molar-refractivity contribution in [2.24, 2.45) is 5.92 Å². The Bertz CT molecular complexity index is 538. The molecular formula is C13H14ClFN2O3. The van der Waals surface area contributed by atoms with Crippen LogP contribution in [0.25, 0.3) is 0 Å². The van der Waals surface area contributed by atoms with Crippen LogP contribution >= 0.6 is 11.6 Å². The van der Waals surface area contributed by atoms with Gasteiger partial charge in [-0.15, -0.1) is 0 Å². The molecule has 1 aromatic rings. The smallest absolute Gasteiger partial charge is 0.319 e. The largest absolute Gasteiger partial charge is 0.481 e. The maximum Gasteiger partial charge on any atom is 0.319 e. The SMILES string of the molecule is O=C(Nc1ccc(F)c(Cl)c1)NC1CCC(C(=O)O)C1. The quantitative estimate of drug-likeness (QED) is 0.803. The van der Waals surface area contributed by atoms with E-state index in [1.807, 2.05) is 0 Å². The van der Waals surface area contributed by atoms with Crippen LogP contribution in [0.5, 0.6) is 0 Å². The second-order valence-corrected chi connectivity index (χ2v) is 5.18. The molecule has 2 rings (SSSR count). The highest BCUT2D eigenvalue weighted by atomic mass is 35.5. The molecule has 108 valence electrons. The first-order valence-electron chi connectivity index (χ1n) is 6.21. The van der Waals surface area contributed by atoms with Gasteiger partial charge in [-0.3, -0.25) is 4.79 Å². The van der Waals surface area contributed by atoms with E-state index in [2.05, 4.69) is 10.6 Å². The molecule has 1 fully saturated rings. The van der Waals surface area contributed by atoms with Crippen LogP contribution in [0, 0.1) is 11.7 Å². The van der Waals surface area contributed by atoms with Crippen molar-refractivity contribution >= 4 is 29.3 Å². The Kier molecular flexibility index (Phi) is 4.44. The molecule has 7 heteroatoms. The van der Waals surface area contributed by atoms with Gasteiger partial charge >= 0.3 is 12.0 Å². The third kappa shape index (κ3) is 3.60. The van der Waals surface area contributed by atoms with Gasteiger partial charge in [-0.05, 0) is 37.5 Å². The molecule has 20 heavy (non-hydrogen) atoms. The molecule has 1 aromatic carbocycles. The minimum Gasteiger partial charge on any atom is -0.481 e. The first-order chi connectivity index (χ1) is 9.45. The van der Waals surface area contributed by atoms with Crippen LogP contribution in [0.4, 0.5) is 14.9 Å². The molecule has 0 radical (unpaired) electrons. The number of hydrogen-bond donors (Lipinski definition) is 3. The van der Waals surface area contributed by atoms with Crippen LogP contribution in [0.15, 0.2) is 18.2 Å². The summed E-state index contributed by atoms with van der Waals surface area (Å²) < 4.78 is 13.0. The second-order valence-electron chi connectivity index (χ2n) is 4.77. The Morgan fingerprint density at radius 3 is 2.70 bits per heavy atom. The lowest BCUT2D eigenvalue weighted by molar-refractivity contribution is -0.141. The van der Waals surface area contributed by atoms with E-state index in [9.17, 15) is 14.0 Å². The highest BCUT2D eigenvalue weighted by molar-refractivity contribution is 6.31. The Morgan fingerprint density at radius 2 is 2.10 bits per heavy atom. The first kappa shape index (κ1) is 14.6. The van der Waals surface area contributed by atoms with E-state index in [-0.39, 0.29) is 11.1 Å². The fourth-order valence-corrected chi connectivity index (χ4v) is 2.44. The highest BCUT2D eigenvalue weighted by Gasteiger charge is 2.30.